The molecule has 0 radical (unpaired) electrons. The van der Waals surface area contributed by atoms with Gasteiger partial charge in [-0.1, -0.05) is 19.9 Å². The molecule has 5 nitrogen and oxygen atoms in total. The highest BCUT2D eigenvalue weighted by Gasteiger charge is 2.68. The van der Waals surface area contributed by atoms with Gasteiger partial charge in [0, 0.05) is 17.8 Å². The van der Waals surface area contributed by atoms with Crippen molar-refractivity contribution in [3.05, 3.63) is 12.2 Å². The molecule has 26 heavy (non-hydrogen) atoms. The first-order chi connectivity index (χ1) is 12.1. The first-order valence-corrected chi connectivity index (χ1v) is 9.88. The fraction of sp³-hybridized carbons (Fsp3) is 0.810. The highest BCUT2D eigenvalue weighted by molar-refractivity contribution is 5.91. The second-order valence-electron chi connectivity index (χ2n) is 9.66. The Morgan fingerprint density at radius 2 is 1.73 bits per heavy atom. The second kappa shape index (κ2) is 5.49. The summed E-state index contributed by atoms with van der Waals surface area (Å²) in [5.74, 6) is -0.500. The summed E-state index contributed by atoms with van der Waals surface area (Å²) in [7, 11) is 0. The number of aliphatic hydroxyl groups excluding tert-OH is 2. The fourth-order valence-electron chi connectivity index (χ4n) is 7.25. The van der Waals surface area contributed by atoms with Crippen molar-refractivity contribution in [2.45, 2.75) is 70.7 Å². The summed E-state index contributed by atoms with van der Waals surface area (Å²) in [5.41, 5.74) is -2.25. The predicted molar refractivity (Wildman–Crippen MR) is 95.1 cm³/mol. The van der Waals surface area contributed by atoms with E-state index in [1.807, 2.05) is 13.0 Å². The number of hydrogen-bond donors (Lipinski definition) is 3. The highest BCUT2D eigenvalue weighted by Crippen LogP contribution is 2.67. The molecule has 1 unspecified atom stereocenters. The van der Waals surface area contributed by atoms with Crippen molar-refractivity contribution in [2.75, 3.05) is 0 Å². The van der Waals surface area contributed by atoms with Gasteiger partial charge in [-0.2, -0.15) is 0 Å². The molecule has 0 aliphatic heterocycles. The molecule has 4 aliphatic carbocycles. The van der Waals surface area contributed by atoms with Gasteiger partial charge in [0.1, 0.15) is 5.60 Å². The van der Waals surface area contributed by atoms with Crippen molar-refractivity contribution < 1.29 is 24.9 Å². The van der Waals surface area contributed by atoms with Crippen LogP contribution in [0.1, 0.15) is 52.9 Å². The van der Waals surface area contributed by atoms with Crippen molar-refractivity contribution in [2.24, 2.45) is 34.5 Å². The summed E-state index contributed by atoms with van der Waals surface area (Å²) in [6.07, 6.45) is 4.58. The van der Waals surface area contributed by atoms with Crippen LogP contribution in [0.15, 0.2) is 12.2 Å². The van der Waals surface area contributed by atoms with Crippen molar-refractivity contribution in [3.63, 3.8) is 0 Å². The minimum absolute atomic E-state index is 0.00430. The van der Waals surface area contributed by atoms with Crippen LogP contribution >= 0.6 is 0 Å². The predicted octanol–water partition coefficient (Wildman–Crippen LogP) is 1.64. The van der Waals surface area contributed by atoms with Crippen LogP contribution in [0.3, 0.4) is 0 Å². The molecule has 9 atom stereocenters. The van der Waals surface area contributed by atoms with Crippen LogP contribution < -0.4 is 0 Å². The van der Waals surface area contributed by atoms with Gasteiger partial charge in [-0.05, 0) is 61.9 Å². The van der Waals surface area contributed by atoms with Gasteiger partial charge in [0.05, 0.1) is 12.2 Å². The molecule has 3 saturated carbocycles. The van der Waals surface area contributed by atoms with Gasteiger partial charge in [-0.25, -0.2) is 0 Å². The number of carbonyl (C=O) groups excluding carboxylic acids is 2. The van der Waals surface area contributed by atoms with E-state index in [0.717, 1.165) is 12.8 Å². The minimum Gasteiger partial charge on any atom is -0.390 e. The summed E-state index contributed by atoms with van der Waals surface area (Å²) >= 11 is 0. The molecule has 4 rings (SSSR count). The number of hydrogen-bond acceptors (Lipinski definition) is 5. The zero-order valence-electron chi connectivity index (χ0n) is 15.8. The number of ketones is 2. The molecule has 0 amide bonds. The van der Waals surface area contributed by atoms with Gasteiger partial charge in [0.2, 0.25) is 0 Å². The average molecular weight is 362 g/mol. The Morgan fingerprint density at radius 3 is 2.38 bits per heavy atom. The van der Waals surface area contributed by atoms with Gasteiger partial charge in [-0.15, -0.1) is 0 Å². The third-order valence-electron chi connectivity index (χ3n) is 8.87. The van der Waals surface area contributed by atoms with Crippen LogP contribution in [-0.2, 0) is 9.59 Å². The number of Topliss-reactive ketones (excluding diaryl/α,β-unsaturated/α-hetero) is 1. The fourth-order valence-corrected chi connectivity index (χ4v) is 7.25. The number of allylic oxidation sites excluding steroid dienone is 2. The zero-order valence-corrected chi connectivity index (χ0v) is 15.8. The molecule has 3 N–H and O–H groups in total. The molecule has 0 aromatic rings. The van der Waals surface area contributed by atoms with Crippen LogP contribution in [0, 0.1) is 34.5 Å². The summed E-state index contributed by atoms with van der Waals surface area (Å²) in [4.78, 5) is 24.2. The minimum atomic E-state index is -1.34. The number of rotatable bonds is 1. The van der Waals surface area contributed by atoms with Crippen molar-refractivity contribution in [1.29, 1.82) is 0 Å². The van der Waals surface area contributed by atoms with E-state index in [-0.39, 0.29) is 47.1 Å². The van der Waals surface area contributed by atoms with Gasteiger partial charge in [0.25, 0.3) is 0 Å². The third kappa shape index (κ3) is 2.02. The van der Waals surface area contributed by atoms with Gasteiger partial charge in [-0.3, -0.25) is 9.59 Å². The lowest BCUT2D eigenvalue weighted by atomic mass is 9.44. The standard InChI is InChI=1S/C21H30O5/c1-11(22)21(26)9-6-14-16-13(5-8-20(14,21)3)19(2)7-4-12(23)10-15(19)17(24)18(16)25/h4,7,13-18,24-26H,5-6,8-10H2,1-3H3/t13-,14-,15?,16+,17-,18+,19+,20-,21-/m0/s1. The summed E-state index contributed by atoms with van der Waals surface area (Å²) < 4.78 is 0. The van der Waals surface area contributed by atoms with E-state index < -0.39 is 23.2 Å². The van der Waals surface area contributed by atoms with E-state index in [0.29, 0.717) is 12.8 Å². The maximum absolute atomic E-state index is 12.3. The van der Waals surface area contributed by atoms with E-state index in [1.54, 1.807) is 6.08 Å². The lowest BCUT2D eigenvalue weighted by Crippen LogP contribution is -2.64. The van der Waals surface area contributed by atoms with Gasteiger partial charge < -0.3 is 15.3 Å². The molecule has 0 aromatic heterocycles. The SMILES string of the molecule is CC(=O)[C@@]1(O)CC[C@H]2[C@@H]3[C@@H](O)[C@@H](O)C4CC(=O)C=C[C@]4(C)[C@H]3CC[C@@]21C. The normalized spacial score (nSPS) is 55.8. The lowest BCUT2D eigenvalue weighted by Gasteiger charge is -2.62. The first kappa shape index (κ1) is 18.3. The molecule has 144 valence electrons. The van der Waals surface area contributed by atoms with Crippen LogP contribution in [0.25, 0.3) is 0 Å². The van der Waals surface area contributed by atoms with Gasteiger partial charge >= 0.3 is 0 Å². The molecule has 0 saturated heterocycles. The molecule has 0 aromatic carbocycles. The lowest BCUT2D eigenvalue weighted by molar-refractivity contribution is -0.207. The number of aliphatic hydroxyl groups is 3. The number of carbonyl (C=O) groups is 2. The van der Waals surface area contributed by atoms with Crippen molar-refractivity contribution >= 4 is 11.6 Å². The Morgan fingerprint density at radius 1 is 1.08 bits per heavy atom. The summed E-state index contributed by atoms with van der Waals surface area (Å²) in [6.45, 7) is 5.54. The van der Waals surface area contributed by atoms with E-state index >= 15 is 0 Å². The maximum atomic E-state index is 12.3. The van der Waals surface area contributed by atoms with Crippen LogP contribution in [-0.4, -0.2) is 44.7 Å². The summed E-state index contributed by atoms with van der Waals surface area (Å²) in [5, 5.41) is 33.0. The summed E-state index contributed by atoms with van der Waals surface area (Å²) in [6, 6.07) is 0. The van der Waals surface area contributed by atoms with E-state index in [2.05, 4.69) is 6.92 Å². The quantitative estimate of drug-likeness (QED) is 0.659. The Hall–Kier alpha value is -1.04. The van der Waals surface area contributed by atoms with E-state index in [4.69, 9.17) is 0 Å². The largest absolute Gasteiger partial charge is 0.390 e. The Kier molecular flexibility index (Phi) is 3.87. The molecule has 4 aliphatic rings. The molecular formula is C21H30O5. The first-order valence-electron chi connectivity index (χ1n) is 9.88. The monoisotopic (exact) mass is 362 g/mol. The molecule has 3 fully saturated rings. The Bertz CT molecular complexity index is 686. The Balaban J connectivity index is 1.78. The van der Waals surface area contributed by atoms with Crippen molar-refractivity contribution in [3.8, 4) is 0 Å². The molecule has 0 spiro atoms. The smallest absolute Gasteiger partial charge is 0.161 e. The average Bonchev–Trinajstić information content (AvgIpc) is 2.87. The van der Waals surface area contributed by atoms with E-state index in [9.17, 15) is 24.9 Å². The molecule has 0 bridgehead atoms. The Labute approximate surface area is 154 Å². The highest BCUT2D eigenvalue weighted by atomic mass is 16.3. The van der Waals surface area contributed by atoms with Crippen molar-refractivity contribution in [1.82, 2.24) is 0 Å². The maximum Gasteiger partial charge on any atom is 0.161 e. The molecule has 5 heteroatoms. The molecular weight excluding hydrogens is 332 g/mol. The number of fused-ring (bicyclic) bond motifs is 5. The topological polar surface area (TPSA) is 94.8 Å². The van der Waals surface area contributed by atoms with Crippen LogP contribution in [0.4, 0.5) is 0 Å². The second-order valence-corrected chi connectivity index (χ2v) is 9.66. The van der Waals surface area contributed by atoms with Crippen LogP contribution in [0.2, 0.25) is 0 Å². The molecule has 0 heterocycles. The zero-order chi connectivity index (χ0) is 19.1. The van der Waals surface area contributed by atoms with E-state index in [1.165, 1.54) is 6.92 Å². The van der Waals surface area contributed by atoms with Gasteiger partial charge in [0.15, 0.2) is 11.6 Å². The third-order valence-corrected chi connectivity index (χ3v) is 8.87. The van der Waals surface area contributed by atoms with Crippen LogP contribution in [0.5, 0.6) is 0 Å².